The van der Waals surface area contributed by atoms with E-state index < -0.39 is 0 Å². The van der Waals surface area contributed by atoms with Crippen LogP contribution in [-0.2, 0) is 0 Å². The molecule has 0 aliphatic rings. The molecule has 0 amide bonds. The summed E-state index contributed by atoms with van der Waals surface area (Å²) >= 11 is 1.86. The quantitative estimate of drug-likeness (QED) is 0.160. The van der Waals surface area contributed by atoms with Crippen molar-refractivity contribution in [3.05, 3.63) is 212 Å². The van der Waals surface area contributed by atoms with E-state index in [1.54, 1.807) is 0 Å². The van der Waals surface area contributed by atoms with Crippen molar-refractivity contribution in [2.75, 3.05) is 4.90 Å². The van der Waals surface area contributed by atoms with Gasteiger partial charge in [-0.25, -0.2) is 0 Å². The van der Waals surface area contributed by atoms with E-state index in [-0.39, 0.29) is 0 Å². The van der Waals surface area contributed by atoms with Crippen LogP contribution in [-0.4, -0.2) is 0 Å². The lowest BCUT2D eigenvalue weighted by Crippen LogP contribution is -2.10. The summed E-state index contributed by atoms with van der Waals surface area (Å²) in [6, 6.07) is 77.2. The van der Waals surface area contributed by atoms with Crippen LogP contribution in [0.3, 0.4) is 0 Å². The van der Waals surface area contributed by atoms with E-state index in [2.05, 4.69) is 217 Å². The zero-order valence-corrected chi connectivity index (χ0v) is 30.4. The van der Waals surface area contributed by atoms with E-state index >= 15 is 0 Å². The van der Waals surface area contributed by atoms with Gasteiger partial charge in [0.2, 0.25) is 0 Å². The third kappa shape index (κ3) is 6.03. The Morgan fingerprint density at radius 2 is 0.741 bits per heavy atom. The average Bonchev–Trinajstić information content (AvgIpc) is 3.63. The summed E-state index contributed by atoms with van der Waals surface area (Å²) < 4.78 is 2.65. The summed E-state index contributed by atoms with van der Waals surface area (Å²) in [7, 11) is 0. The molecular weight excluding hydrogens is 671 g/mol. The van der Waals surface area contributed by atoms with E-state index in [1.807, 2.05) is 11.3 Å². The summed E-state index contributed by atoms with van der Waals surface area (Å²) in [5.41, 5.74) is 13.0. The predicted molar refractivity (Wildman–Crippen MR) is 233 cm³/mol. The van der Waals surface area contributed by atoms with Crippen LogP contribution in [0.15, 0.2) is 212 Å². The Hall–Kier alpha value is -6.74. The van der Waals surface area contributed by atoms with Crippen molar-refractivity contribution in [3.8, 4) is 44.5 Å². The number of hydrogen-bond donors (Lipinski definition) is 0. The van der Waals surface area contributed by atoms with Crippen molar-refractivity contribution in [2.45, 2.75) is 0 Å². The summed E-state index contributed by atoms with van der Waals surface area (Å²) in [6.07, 6.45) is 0. The SMILES string of the molecule is c1ccc(-c2ccc(-c3ccc(N(c4ccc(-c5ccc6sc7ccccc7c6c5)cc4)c4cccc(-c5ccc6ccccc6c5)c4)cc3)cc2)cc1. The van der Waals surface area contributed by atoms with Crippen LogP contribution >= 0.6 is 11.3 Å². The second-order valence-corrected chi connectivity index (χ2v) is 14.9. The molecule has 0 aliphatic carbocycles. The van der Waals surface area contributed by atoms with Crippen molar-refractivity contribution in [1.82, 2.24) is 0 Å². The molecule has 0 saturated carbocycles. The maximum absolute atomic E-state index is 2.37. The minimum atomic E-state index is 1.11. The minimum absolute atomic E-state index is 1.11. The molecule has 0 N–H and O–H groups in total. The second kappa shape index (κ2) is 13.7. The molecule has 10 rings (SSSR count). The second-order valence-electron chi connectivity index (χ2n) is 13.8. The molecule has 10 aromatic rings. The van der Waals surface area contributed by atoms with Crippen LogP contribution in [0.5, 0.6) is 0 Å². The highest BCUT2D eigenvalue weighted by Gasteiger charge is 2.15. The molecule has 0 aliphatic heterocycles. The summed E-state index contributed by atoms with van der Waals surface area (Å²) in [5.74, 6) is 0. The normalized spacial score (nSPS) is 11.3. The Balaban J connectivity index is 1.02. The number of fused-ring (bicyclic) bond motifs is 4. The Morgan fingerprint density at radius 3 is 1.46 bits per heavy atom. The van der Waals surface area contributed by atoms with E-state index in [4.69, 9.17) is 0 Å². The first kappa shape index (κ1) is 32.0. The van der Waals surface area contributed by atoms with Gasteiger partial charge in [0.1, 0.15) is 0 Å². The molecule has 0 bridgehead atoms. The third-order valence-corrected chi connectivity index (χ3v) is 11.6. The Kier molecular flexibility index (Phi) is 8.09. The molecule has 254 valence electrons. The molecule has 0 spiro atoms. The molecule has 0 unspecified atom stereocenters. The van der Waals surface area contributed by atoms with Gasteiger partial charge < -0.3 is 4.90 Å². The largest absolute Gasteiger partial charge is 0.310 e. The Bertz CT molecular complexity index is 2900. The number of benzene rings is 9. The lowest BCUT2D eigenvalue weighted by Gasteiger charge is -2.26. The van der Waals surface area contributed by atoms with E-state index in [9.17, 15) is 0 Å². The van der Waals surface area contributed by atoms with E-state index in [1.165, 1.54) is 75.5 Å². The zero-order chi connectivity index (χ0) is 35.8. The topological polar surface area (TPSA) is 3.24 Å². The van der Waals surface area contributed by atoms with Crippen molar-refractivity contribution < 1.29 is 0 Å². The molecule has 0 radical (unpaired) electrons. The van der Waals surface area contributed by atoms with E-state index in [0.717, 1.165) is 17.1 Å². The lowest BCUT2D eigenvalue weighted by molar-refractivity contribution is 1.28. The fourth-order valence-electron chi connectivity index (χ4n) is 7.64. The van der Waals surface area contributed by atoms with Gasteiger partial charge >= 0.3 is 0 Å². The number of hydrogen-bond acceptors (Lipinski definition) is 2. The maximum atomic E-state index is 2.37. The third-order valence-electron chi connectivity index (χ3n) is 10.5. The number of nitrogens with zero attached hydrogens (tertiary/aromatic N) is 1. The number of rotatable bonds is 7. The molecule has 1 nitrogen and oxygen atoms in total. The first-order valence-corrected chi connectivity index (χ1v) is 19.2. The van der Waals surface area contributed by atoms with Crippen LogP contribution in [0, 0.1) is 0 Å². The smallest absolute Gasteiger partial charge is 0.0467 e. The monoisotopic (exact) mass is 705 g/mol. The van der Waals surface area contributed by atoms with Gasteiger partial charge in [0.15, 0.2) is 0 Å². The molecule has 0 saturated heterocycles. The summed E-state index contributed by atoms with van der Waals surface area (Å²) in [4.78, 5) is 2.37. The van der Waals surface area contributed by atoms with Gasteiger partial charge in [-0.1, -0.05) is 152 Å². The highest BCUT2D eigenvalue weighted by atomic mass is 32.1. The van der Waals surface area contributed by atoms with Crippen LogP contribution in [0.1, 0.15) is 0 Å². The first-order chi connectivity index (χ1) is 26.7. The first-order valence-electron chi connectivity index (χ1n) is 18.4. The van der Waals surface area contributed by atoms with Crippen molar-refractivity contribution in [2.24, 2.45) is 0 Å². The lowest BCUT2D eigenvalue weighted by atomic mass is 9.99. The molecule has 1 aromatic heterocycles. The highest BCUT2D eigenvalue weighted by Crippen LogP contribution is 2.40. The van der Waals surface area contributed by atoms with Gasteiger partial charge in [0, 0.05) is 37.2 Å². The zero-order valence-electron chi connectivity index (χ0n) is 29.6. The number of thiophene rings is 1. The van der Waals surface area contributed by atoms with Crippen molar-refractivity contribution >= 4 is 59.3 Å². The summed E-state index contributed by atoms with van der Waals surface area (Å²) in [6.45, 7) is 0. The van der Waals surface area contributed by atoms with Gasteiger partial charge in [0.05, 0.1) is 0 Å². The highest BCUT2D eigenvalue weighted by molar-refractivity contribution is 7.25. The molecular formula is C52H35NS. The van der Waals surface area contributed by atoms with Crippen LogP contribution in [0.2, 0.25) is 0 Å². The van der Waals surface area contributed by atoms with Crippen LogP contribution in [0.4, 0.5) is 17.1 Å². The van der Waals surface area contributed by atoms with Crippen LogP contribution in [0.25, 0.3) is 75.5 Å². The van der Waals surface area contributed by atoms with Crippen LogP contribution < -0.4 is 4.90 Å². The fourth-order valence-corrected chi connectivity index (χ4v) is 8.72. The molecule has 9 aromatic carbocycles. The van der Waals surface area contributed by atoms with Gasteiger partial charge in [-0.05, 0) is 116 Å². The van der Waals surface area contributed by atoms with Gasteiger partial charge in [-0.3, -0.25) is 0 Å². The van der Waals surface area contributed by atoms with Gasteiger partial charge in [0.25, 0.3) is 0 Å². The Morgan fingerprint density at radius 1 is 0.259 bits per heavy atom. The maximum Gasteiger partial charge on any atom is 0.0467 e. The standard InChI is InChI=1S/C52H35NS/c1-2-9-36(10-3-1)38-17-19-39(20-18-38)40-23-28-46(29-24-40)53(48-14-8-13-43(34-48)44-22-21-37-11-4-5-12-42(37)33-44)47-30-25-41(26-31-47)45-27-32-52-50(35-45)49-15-6-7-16-51(49)54-52/h1-35H. The fraction of sp³-hybridized carbons (Fsp3) is 0. The van der Waals surface area contributed by atoms with Crippen molar-refractivity contribution in [3.63, 3.8) is 0 Å². The molecule has 2 heteroatoms. The average molecular weight is 706 g/mol. The molecule has 54 heavy (non-hydrogen) atoms. The van der Waals surface area contributed by atoms with Crippen molar-refractivity contribution in [1.29, 1.82) is 0 Å². The van der Waals surface area contributed by atoms with Gasteiger partial charge in [-0.2, -0.15) is 0 Å². The minimum Gasteiger partial charge on any atom is -0.310 e. The predicted octanol–water partition coefficient (Wildman–Crippen LogP) is 15.3. The number of anilines is 3. The van der Waals surface area contributed by atoms with E-state index in [0.29, 0.717) is 0 Å². The van der Waals surface area contributed by atoms with Gasteiger partial charge in [-0.15, -0.1) is 11.3 Å². The molecule has 0 atom stereocenters. The molecule has 1 heterocycles. The molecule has 0 fully saturated rings. The summed E-state index contributed by atoms with van der Waals surface area (Å²) in [5, 5.41) is 5.14. The Labute approximate surface area is 319 Å².